The van der Waals surface area contributed by atoms with Crippen molar-refractivity contribution in [2.45, 2.75) is 38.6 Å². The maximum Gasteiger partial charge on any atom is 0.475 e. The molecule has 22 heteroatoms. The third-order valence-electron chi connectivity index (χ3n) is 7.71. The minimum atomic E-state index is -5.22. The number of phosphoric ester groups is 1. The predicted octanol–water partition coefficient (Wildman–Crippen LogP) is 12.3. The van der Waals surface area contributed by atoms with Crippen molar-refractivity contribution in [1.82, 2.24) is 0 Å². The lowest BCUT2D eigenvalue weighted by atomic mass is 10.1. The minimum absolute atomic E-state index is 0.148. The number of phosphoric acid groups is 1. The van der Waals surface area contributed by atoms with Gasteiger partial charge in [0.2, 0.25) is 5.76 Å². The van der Waals surface area contributed by atoms with E-state index in [-0.39, 0.29) is 41.3 Å². The molecule has 0 aliphatic carbocycles. The van der Waals surface area contributed by atoms with Gasteiger partial charge in [0, 0.05) is 32.3 Å². The molecule has 1 heterocycles. The molecule has 0 spiro atoms. The van der Waals surface area contributed by atoms with Crippen LogP contribution in [0.5, 0.6) is 0 Å². The molecule has 9 nitrogen and oxygen atoms in total. The summed E-state index contributed by atoms with van der Waals surface area (Å²) in [6.07, 6.45) is -3.92. The number of hydrogen-bond donors (Lipinski definition) is 1. The van der Waals surface area contributed by atoms with Gasteiger partial charge in [-0.2, -0.15) is 0 Å². The van der Waals surface area contributed by atoms with E-state index in [1.807, 2.05) is 0 Å². The Bertz CT molecular complexity index is 2190. The fourth-order valence-corrected chi connectivity index (χ4v) is 7.60. The molecule has 1 aliphatic rings. The van der Waals surface area contributed by atoms with Crippen LogP contribution in [0.4, 0.5) is 17.6 Å². The first-order chi connectivity index (χ1) is 26.5. The summed E-state index contributed by atoms with van der Waals surface area (Å²) in [5.41, 5.74) is -1.45. The fourth-order valence-electron chi connectivity index (χ4n) is 4.81. The smallest absolute Gasteiger partial charge is 0.475 e. The first kappa shape index (κ1) is 44.9. The SMILES string of the molecule is O=C1OC(C(CO)OP(=O)(OCc2c(Cl)ccc(Cl)c2F)OCc2c(Cl)ccc(Cl)c2F)C(OCc2c(Cl)ccc(Cl)c2F)=C1OCc1c(Cl)ccc(Cl)c1F. The van der Waals surface area contributed by atoms with Crippen LogP contribution in [-0.2, 0) is 63.6 Å². The Morgan fingerprint density at radius 2 is 0.929 bits per heavy atom. The van der Waals surface area contributed by atoms with Crippen LogP contribution in [-0.4, -0.2) is 29.9 Å². The summed E-state index contributed by atoms with van der Waals surface area (Å²) < 4.78 is 107. The quantitative estimate of drug-likeness (QED) is 0.0508. The molecule has 300 valence electrons. The Morgan fingerprint density at radius 1 is 0.589 bits per heavy atom. The lowest BCUT2D eigenvalue weighted by molar-refractivity contribution is -0.148. The molecular formula is C34H21Cl8F4O9P. The van der Waals surface area contributed by atoms with Gasteiger partial charge in [-0.05, 0) is 48.5 Å². The maximum atomic E-state index is 15.0. The molecule has 2 atom stereocenters. The van der Waals surface area contributed by atoms with Gasteiger partial charge in [0.1, 0.15) is 42.6 Å². The number of ether oxygens (including phenoxy) is 3. The Hall–Kier alpha value is -2.20. The first-order valence-electron chi connectivity index (χ1n) is 15.3. The van der Waals surface area contributed by atoms with Gasteiger partial charge < -0.3 is 19.3 Å². The molecule has 5 rings (SSSR count). The summed E-state index contributed by atoms with van der Waals surface area (Å²) in [6, 6.07) is 9.56. The molecular weight excluding hydrogens is 943 g/mol. The lowest BCUT2D eigenvalue weighted by Gasteiger charge is -2.27. The maximum absolute atomic E-state index is 15.0. The van der Waals surface area contributed by atoms with E-state index in [9.17, 15) is 27.6 Å². The van der Waals surface area contributed by atoms with Crippen molar-refractivity contribution in [2.24, 2.45) is 0 Å². The molecule has 1 N–H and O–H groups in total. The van der Waals surface area contributed by atoms with E-state index in [1.165, 1.54) is 36.4 Å². The van der Waals surface area contributed by atoms with E-state index in [1.54, 1.807) is 0 Å². The van der Waals surface area contributed by atoms with Crippen LogP contribution in [0.3, 0.4) is 0 Å². The number of aliphatic hydroxyl groups is 1. The van der Waals surface area contributed by atoms with Crippen LogP contribution in [0.15, 0.2) is 60.0 Å². The second-order valence-corrected chi connectivity index (χ2v) is 16.1. The number of esters is 1. The van der Waals surface area contributed by atoms with Gasteiger partial charge in [-0.3, -0.25) is 13.6 Å². The molecule has 0 amide bonds. The first-order valence-corrected chi connectivity index (χ1v) is 19.8. The number of benzene rings is 4. The van der Waals surface area contributed by atoms with Gasteiger partial charge in [-0.15, -0.1) is 0 Å². The molecule has 56 heavy (non-hydrogen) atoms. The van der Waals surface area contributed by atoms with Crippen LogP contribution in [0.2, 0.25) is 40.2 Å². The average Bonchev–Trinajstić information content (AvgIpc) is 3.47. The normalized spacial score (nSPS) is 15.0. The van der Waals surface area contributed by atoms with E-state index in [4.69, 9.17) is 121 Å². The van der Waals surface area contributed by atoms with Crippen molar-refractivity contribution in [1.29, 1.82) is 0 Å². The molecule has 0 fully saturated rings. The van der Waals surface area contributed by atoms with Crippen LogP contribution in [0.25, 0.3) is 0 Å². The average molecular weight is 964 g/mol. The monoisotopic (exact) mass is 960 g/mol. The van der Waals surface area contributed by atoms with Gasteiger partial charge >= 0.3 is 13.8 Å². The molecule has 0 saturated heterocycles. The van der Waals surface area contributed by atoms with Crippen molar-refractivity contribution < 1.29 is 59.8 Å². The third-order valence-corrected chi connectivity index (χ3v) is 11.7. The third kappa shape index (κ3) is 10.1. The zero-order valence-electron chi connectivity index (χ0n) is 27.5. The van der Waals surface area contributed by atoms with Crippen LogP contribution in [0, 0.1) is 23.3 Å². The Balaban J connectivity index is 1.53. The highest BCUT2D eigenvalue weighted by Crippen LogP contribution is 2.54. The summed E-state index contributed by atoms with van der Waals surface area (Å²) in [6.45, 7) is -4.61. The molecule has 2 unspecified atom stereocenters. The van der Waals surface area contributed by atoms with Crippen LogP contribution >= 0.6 is 101 Å². The van der Waals surface area contributed by atoms with E-state index in [0.717, 1.165) is 12.1 Å². The molecule has 0 aromatic heterocycles. The van der Waals surface area contributed by atoms with Crippen molar-refractivity contribution in [3.63, 3.8) is 0 Å². The molecule has 0 radical (unpaired) electrons. The minimum Gasteiger partial charge on any atom is -0.485 e. The highest BCUT2D eigenvalue weighted by Gasteiger charge is 2.47. The van der Waals surface area contributed by atoms with Gasteiger partial charge in [0.05, 0.1) is 50.0 Å². The number of aliphatic hydroxyl groups excluding tert-OH is 1. The highest BCUT2D eigenvalue weighted by molar-refractivity contribution is 7.48. The highest BCUT2D eigenvalue weighted by atomic mass is 35.5. The van der Waals surface area contributed by atoms with Gasteiger partial charge in [-0.1, -0.05) is 92.8 Å². The molecule has 1 aliphatic heterocycles. The second kappa shape index (κ2) is 19.2. The lowest BCUT2D eigenvalue weighted by Crippen LogP contribution is -2.35. The van der Waals surface area contributed by atoms with E-state index < -0.39 is 115 Å². The van der Waals surface area contributed by atoms with Crippen molar-refractivity contribution in [3.8, 4) is 0 Å². The summed E-state index contributed by atoms with van der Waals surface area (Å²) in [5, 5.41) is 8.31. The molecule has 4 aromatic rings. The standard InChI is InChI=1S/C34H21Cl8F4O9P/c35-18-1-5-22(39)27(43)14(18)10-50-32-31(54-34(48)33(32)51-11-15-19(36)2-6-23(40)28(15)44)26(9-47)55-56(49,52-12-16-20(37)3-7-24(41)29(16)45)53-13-17-21(38)4-8-25(42)30(17)46/h1-8,26,31,47H,9-13H2. The van der Waals surface area contributed by atoms with E-state index >= 15 is 4.39 Å². The van der Waals surface area contributed by atoms with Gasteiger partial charge in [0.25, 0.3) is 0 Å². The van der Waals surface area contributed by atoms with Gasteiger partial charge in [0.15, 0.2) is 11.9 Å². The molecule has 0 bridgehead atoms. The summed E-state index contributed by atoms with van der Waals surface area (Å²) in [7, 11) is -5.22. The fraction of sp³-hybridized carbons (Fsp3) is 0.206. The Labute approximate surface area is 355 Å². The van der Waals surface area contributed by atoms with Gasteiger partial charge in [-0.25, -0.2) is 26.9 Å². The van der Waals surface area contributed by atoms with Crippen molar-refractivity contribution >= 4 is 107 Å². The summed E-state index contributed by atoms with van der Waals surface area (Å²) >= 11 is 48.1. The van der Waals surface area contributed by atoms with E-state index in [0.29, 0.717) is 0 Å². The Morgan fingerprint density at radius 3 is 1.30 bits per heavy atom. The van der Waals surface area contributed by atoms with Crippen LogP contribution < -0.4 is 0 Å². The topological polar surface area (TPSA) is 110 Å². The number of rotatable bonds is 16. The number of cyclic esters (lactones) is 1. The molecule has 4 aromatic carbocycles. The van der Waals surface area contributed by atoms with Crippen molar-refractivity contribution in [3.05, 3.63) is 146 Å². The number of hydrogen-bond acceptors (Lipinski definition) is 9. The second-order valence-electron chi connectivity index (χ2n) is 11.2. The molecule has 0 saturated carbocycles. The number of carbonyl (C=O) groups is 1. The largest absolute Gasteiger partial charge is 0.485 e. The summed E-state index contributed by atoms with van der Waals surface area (Å²) in [5.74, 6) is -6.84. The Kier molecular flexibility index (Phi) is 15.4. The number of carbonyl (C=O) groups excluding carboxylic acids is 1. The zero-order valence-corrected chi connectivity index (χ0v) is 34.4. The van der Waals surface area contributed by atoms with E-state index in [2.05, 4.69) is 0 Å². The summed E-state index contributed by atoms with van der Waals surface area (Å²) in [4.78, 5) is 13.3. The zero-order chi connectivity index (χ0) is 41.1. The van der Waals surface area contributed by atoms with Crippen LogP contribution in [0.1, 0.15) is 22.3 Å². The predicted molar refractivity (Wildman–Crippen MR) is 201 cm³/mol. The number of halogens is 12. The van der Waals surface area contributed by atoms with Crippen molar-refractivity contribution in [2.75, 3.05) is 6.61 Å².